The Labute approximate surface area is 105 Å². The summed E-state index contributed by atoms with van der Waals surface area (Å²) in [7, 11) is 0. The van der Waals surface area contributed by atoms with Gasteiger partial charge in [0.05, 0.1) is 0 Å². The Balaban J connectivity index is 2.36. The van der Waals surface area contributed by atoms with Gasteiger partial charge in [0, 0.05) is 6.42 Å². The number of carboxylic acids is 1. The van der Waals surface area contributed by atoms with Crippen LogP contribution in [0.2, 0.25) is 0 Å². The van der Waals surface area contributed by atoms with Crippen LogP contribution in [0.25, 0.3) is 0 Å². The third kappa shape index (κ3) is 8.00. The minimum atomic E-state index is -0.669. The Morgan fingerprint density at radius 2 is 1.59 bits per heavy atom. The molecular weight excluding hydrogens is 212 g/mol. The summed E-state index contributed by atoms with van der Waals surface area (Å²) < 4.78 is 0. The molecule has 2 nitrogen and oxygen atoms in total. The maximum absolute atomic E-state index is 10.6. The third-order valence-corrected chi connectivity index (χ3v) is 3.55. The highest BCUT2D eigenvalue weighted by Crippen LogP contribution is 2.19. The van der Waals surface area contributed by atoms with Gasteiger partial charge in [0.2, 0.25) is 0 Å². The van der Waals surface area contributed by atoms with Crippen LogP contribution < -0.4 is 0 Å². The van der Waals surface area contributed by atoms with Crippen molar-refractivity contribution in [3.8, 4) is 0 Å². The molecule has 1 aliphatic rings. The number of hydrogen-bond acceptors (Lipinski definition) is 1. The van der Waals surface area contributed by atoms with Gasteiger partial charge in [-0.15, -0.1) is 0 Å². The van der Waals surface area contributed by atoms with Crippen LogP contribution in [0.4, 0.5) is 0 Å². The maximum atomic E-state index is 10.6. The van der Waals surface area contributed by atoms with E-state index in [0.717, 1.165) is 19.3 Å². The molecule has 17 heavy (non-hydrogen) atoms. The van der Waals surface area contributed by atoms with E-state index in [2.05, 4.69) is 6.08 Å². The fraction of sp³-hybridized carbons (Fsp3) is 0.800. The fourth-order valence-corrected chi connectivity index (χ4v) is 2.46. The number of aliphatic carboxylic acids is 1. The molecule has 0 unspecified atom stereocenters. The molecule has 0 atom stereocenters. The molecule has 0 aromatic carbocycles. The van der Waals surface area contributed by atoms with Gasteiger partial charge >= 0.3 is 5.97 Å². The molecule has 0 amide bonds. The number of hydrogen-bond donors (Lipinski definition) is 1. The monoisotopic (exact) mass is 238 g/mol. The smallest absolute Gasteiger partial charge is 0.303 e. The lowest BCUT2D eigenvalue weighted by Gasteiger charge is -2.09. The molecule has 1 rings (SSSR count). The standard InChI is InChI=1S/C15H26O2/c16-15(17)13-12-14-10-8-6-4-2-1-3-5-7-9-11-14/h10H,1-9,11-13H2,(H,16,17)/b14-10+. The van der Waals surface area contributed by atoms with Gasteiger partial charge in [-0.05, 0) is 32.1 Å². The highest BCUT2D eigenvalue weighted by atomic mass is 16.4. The van der Waals surface area contributed by atoms with Gasteiger partial charge < -0.3 is 5.11 Å². The second-order valence-electron chi connectivity index (χ2n) is 5.12. The summed E-state index contributed by atoms with van der Waals surface area (Å²) >= 11 is 0. The molecule has 0 saturated carbocycles. The Kier molecular flexibility index (Phi) is 7.78. The van der Waals surface area contributed by atoms with Gasteiger partial charge in [-0.3, -0.25) is 4.79 Å². The number of carboxylic acid groups (broad SMARTS) is 1. The topological polar surface area (TPSA) is 37.3 Å². The molecule has 1 aliphatic carbocycles. The van der Waals surface area contributed by atoms with E-state index in [1.165, 1.54) is 56.9 Å². The van der Waals surface area contributed by atoms with Crippen molar-refractivity contribution in [2.75, 3.05) is 0 Å². The normalized spacial score (nSPS) is 22.9. The van der Waals surface area contributed by atoms with E-state index in [1.807, 2.05) is 0 Å². The predicted molar refractivity (Wildman–Crippen MR) is 71.1 cm³/mol. The van der Waals surface area contributed by atoms with Gasteiger partial charge in [-0.2, -0.15) is 0 Å². The Morgan fingerprint density at radius 1 is 1.00 bits per heavy atom. The van der Waals surface area contributed by atoms with Gasteiger partial charge in [-0.1, -0.05) is 50.2 Å². The van der Waals surface area contributed by atoms with Crippen molar-refractivity contribution in [3.63, 3.8) is 0 Å². The molecule has 0 spiro atoms. The summed E-state index contributed by atoms with van der Waals surface area (Å²) in [5.41, 5.74) is 1.38. The van der Waals surface area contributed by atoms with Crippen molar-refractivity contribution >= 4 is 5.97 Å². The van der Waals surface area contributed by atoms with Crippen LogP contribution in [0.3, 0.4) is 0 Å². The lowest BCUT2D eigenvalue weighted by molar-refractivity contribution is -0.136. The van der Waals surface area contributed by atoms with Crippen LogP contribution in [0, 0.1) is 0 Å². The molecule has 0 aromatic heterocycles. The SMILES string of the molecule is O=C(O)CC/C1=C/CCCCCCCCCC1. The second-order valence-corrected chi connectivity index (χ2v) is 5.12. The summed E-state index contributed by atoms with van der Waals surface area (Å²) in [6, 6.07) is 0. The summed E-state index contributed by atoms with van der Waals surface area (Å²) in [6.45, 7) is 0. The number of rotatable bonds is 3. The van der Waals surface area contributed by atoms with Gasteiger partial charge in [0.1, 0.15) is 0 Å². The number of allylic oxidation sites excluding steroid dienone is 2. The van der Waals surface area contributed by atoms with Crippen LogP contribution in [0.15, 0.2) is 11.6 Å². The molecule has 1 N–H and O–H groups in total. The quantitative estimate of drug-likeness (QED) is 0.724. The minimum absolute atomic E-state index is 0.297. The third-order valence-electron chi connectivity index (χ3n) is 3.55. The minimum Gasteiger partial charge on any atom is -0.481 e. The molecule has 0 radical (unpaired) electrons. The van der Waals surface area contributed by atoms with E-state index < -0.39 is 5.97 Å². The van der Waals surface area contributed by atoms with Crippen molar-refractivity contribution in [3.05, 3.63) is 11.6 Å². The first-order valence-electron chi connectivity index (χ1n) is 7.19. The van der Waals surface area contributed by atoms with Crippen molar-refractivity contribution in [2.24, 2.45) is 0 Å². The van der Waals surface area contributed by atoms with Crippen LogP contribution in [0.1, 0.15) is 77.0 Å². The first-order valence-corrected chi connectivity index (χ1v) is 7.19. The van der Waals surface area contributed by atoms with E-state index >= 15 is 0 Å². The second kappa shape index (κ2) is 9.26. The van der Waals surface area contributed by atoms with Gasteiger partial charge in [0.15, 0.2) is 0 Å². The van der Waals surface area contributed by atoms with Crippen molar-refractivity contribution in [2.45, 2.75) is 77.0 Å². The molecular formula is C15H26O2. The zero-order valence-electron chi connectivity index (χ0n) is 10.9. The largest absolute Gasteiger partial charge is 0.481 e. The Hall–Kier alpha value is -0.790. The maximum Gasteiger partial charge on any atom is 0.303 e. The zero-order chi connectivity index (χ0) is 12.3. The van der Waals surface area contributed by atoms with E-state index in [0.29, 0.717) is 6.42 Å². The van der Waals surface area contributed by atoms with E-state index in [1.54, 1.807) is 0 Å². The first-order chi connectivity index (χ1) is 8.29. The molecule has 98 valence electrons. The van der Waals surface area contributed by atoms with Crippen LogP contribution in [0.5, 0.6) is 0 Å². The predicted octanol–water partition coefficient (Wildman–Crippen LogP) is 4.69. The summed E-state index contributed by atoms with van der Waals surface area (Å²) in [6.07, 6.45) is 16.3. The van der Waals surface area contributed by atoms with E-state index in [-0.39, 0.29) is 0 Å². The highest BCUT2D eigenvalue weighted by molar-refractivity contribution is 5.67. The van der Waals surface area contributed by atoms with Crippen LogP contribution in [-0.2, 0) is 4.79 Å². The van der Waals surface area contributed by atoms with E-state index in [4.69, 9.17) is 5.11 Å². The van der Waals surface area contributed by atoms with E-state index in [9.17, 15) is 4.79 Å². The number of carbonyl (C=O) groups is 1. The Bertz CT molecular complexity index is 243. The van der Waals surface area contributed by atoms with Gasteiger partial charge in [-0.25, -0.2) is 0 Å². The molecule has 0 fully saturated rings. The molecule has 0 aliphatic heterocycles. The van der Waals surface area contributed by atoms with Crippen molar-refractivity contribution < 1.29 is 9.90 Å². The van der Waals surface area contributed by atoms with Crippen molar-refractivity contribution in [1.82, 2.24) is 0 Å². The van der Waals surface area contributed by atoms with Crippen LogP contribution in [-0.4, -0.2) is 11.1 Å². The summed E-state index contributed by atoms with van der Waals surface area (Å²) in [5.74, 6) is -0.669. The average Bonchev–Trinajstić information content (AvgIpc) is 2.28. The molecule has 2 heteroatoms. The fourth-order valence-electron chi connectivity index (χ4n) is 2.46. The Morgan fingerprint density at radius 3 is 2.24 bits per heavy atom. The first kappa shape index (κ1) is 14.3. The molecule has 0 aromatic rings. The molecule has 0 saturated heterocycles. The van der Waals surface area contributed by atoms with Crippen molar-refractivity contribution in [1.29, 1.82) is 0 Å². The average molecular weight is 238 g/mol. The summed E-state index contributed by atoms with van der Waals surface area (Å²) in [5, 5.41) is 8.73. The highest BCUT2D eigenvalue weighted by Gasteiger charge is 2.03. The zero-order valence-corrected chi connectivity index (χ0v) is 10.9. The van der Waals surface area contributed by atoms with Gasteiger partial charge in [0.25, 0.3) is 0 Å². The molecule has 0 bridgehead atoms. The van der Waals surface area contributed by atoms with Crippen LogP contribution >= 0.6 is 0 Å². The lowest BCUT2D eigenvalue weighted by atomic mass is 9.98. The summed E-state index contributed by atoms with van der Waals surface area (Å²) in [4.78, 5) is 10.6. The molecule has 0 heterocycles. The lowest BCUT2D eigenvalue weighted by Crippen LogP contribution is -1.96.